The van der Waals surface area contributed by atoms with E-state index in [1.807, 2.05) is 24.5 Å². The monoisotopic (exact) mass is 399 g/mol. The van der Waals surface area contributed by atoms with Gasteiger partial charge in [-0.2, -0.15) is 0 Å². The number of hydrogen-bond donors (Lipinski definition) is 2. The number of aromatic carboxylic acids is 1. The van der Waals surface area contributed by atoms with Gasteiger partial charge in [0.2, 0.25) is 5.89 Å². The Kier molecular flexibility index (Phi) is 5.36. The van der Waals surface area contributed by atoms with Gasteiger partial charge in [0.25, 0.3) is 5.22 Å². The Morgan fingerprint density at radius 3 is 2.50 bits per heavy atom. The van der Waals surface area contributed by atoms with Gasteiger partial charge in [0, 0.05) is 24.0 Å². The largest absolute Gasteiger partial charge is 0.478 e. The first-order valence-electron chi connectivity index (χ1n) is 8.22. The van der Waals surface area contributed by atoms with Gasteiger partial charge in [-0.3, -0.25) is 0 Å². The van der Waals surface area contributed by atoms with Crippen molar-refractivity contribution < 1.29 is 24.2 Å². The molecule has 0 aliphatic carbocycles. The van der Waals surface area contributed by atoms with Crippen molar-refractivity contribution in [1.29, 1.82) is 0 Å². The Bertz CT molecular complexity index is 1100. The molecule has 0 atom stereocenters. The van der Waals surface area contributed by atoms with Crippen molar-refractivity contribution >= 4 is 29.8 Å². The number of nitrogens with zero attached hydrogens (tertiary/aromatic N) is 3. The van der Waals surface area contributed by atoms with Gasteiger partial charge in [-0.25, -0.2) is 9.59 Å². The average molecular weight is 399 g/mol. The third kappa shape index (κ3) is 3.99. The van der Waals surface area contributed by atoms with Crippen LogP contribution >= 0.6 is 11.8 Å². The van der Waals surface area contributed by atoms with E-state index in [0.717, 1.165) is 23.1 Å². The molecule has 2 aromatic heterocycles. The predicted octanol–water partition coefficient (Wildman–Crippen LogP) is 3.70. The third-order valence-electron chi connectivity index (χ3n) is 4.02. The normalized spacial score (nSPS) is 11.6. The smallest absolute Gasteiger partial charge is 0.342 e. The Balaban J connectivity index is 2.02. The SMILES string of the molecule is Cc1nnc(S/C(=C\c2cc(C)n(-c3cccc(C(=O)O)c3)c2C)C(=O)O)o1. The lowest BCUT2D eigenvalue weighted by Crippen LogP contribution is -2.03. The summed E-state index contributed by atoms with van der Waals surface area (Å²) in [6.45, 7) is 5.33. The van der Waals surface area contributed by atoms with E-state index in [-0.39, 0.29) is 15.7 Å². The first-order chi connectivity index (χ1) is 13.3. The molecular formula is C19H17N3O5S. The van der Waals surface area contributed by atoms with Crippen LogP contribution in [0, 0.1) is 20.8 Å². The lowest BCUT2D eigenvalue weighted by molar-refractivity contribution is -0.131. The molecule has 1 aromatic carbocycles. The molecule has 0 saturated carbocycles. The van der Waals surface area contributed by atoms with E-state index in [1.165, 1.54) is 12.1 Å². The summed E-state index contributed by atoms with van der Waals surface area (Å²) in [5, 5.41) is 26.4. The Morgan fingerprint density at radius 2 is 1.89 bits per heavy atom. The molecule has 0 amide bonds. The maximum atomic E-state index is 11.7. The van der Waals surface area contributed by atoms with Gasteiger partial charge < -0.3 is 19.2 Å². The third-order valence-corrected chi connectivity index (χ3v) is 4.88. The first-order valence-corrected chi connectivity index (χ1v) is 9.03. The summed E-state index contributed by atoms with van der Waals surface area (Å²) in [7, 11) is 0. The van der Waals surface area contributed by atoms with Gasteiger partial charge in [0.15, 0.2) is 0 Å². The van der Waals surface area contributed by atoms with Crippen LogP contribution in [0.3, 0.4) is 0 Å². The molecule has 144 valence electrons. The van der Waals surface area contributed by atoms with Crippen LogP contribution in [-0.2, 0) is 4.79 Å². The fraction of sp³-hybridized carbons (Fsp3) is 0.158. The summed E-state index contributed by atoms with van der Waals surface area (Å²) < 4.78 is 7.12. The zero-order valence-corrected chi connectivity index (χ0v) is 16.1. The molecule has 0 unspecified atom stereocenters. The highest BCUT2D eigenvalue weighted by molar-refractivity contribution is 8.03. The molecule has 0 spiro atoms. The Labute approximate surface area is 164 Å². The number of benzene rings is 1. The molecule has 3 rings (SSSR count). The predicted molar refractivity (Wildman–Crippen MR) is 103 cm³/mol. The average Bonchev–Trinajstić information content (AvgIpc) is 3.17. The number of hydrogen-bond acceptors (Lipinski definition) is 6. The summed E-state index contributed by atoms with van der Waals surface area (Å²) in [6, 6.07) is 8.40. The van der Waals surface area contributed by atoms with Gasteiger partial charge >= 0.3 is 11.9 Å². The highest BCUT2D eigenvalue weighted by atomic mass is 32.2. The second kappa shape index (κ2) is 7.73. The maximum Gasteiger partial charge on any atom is 0.342 e. The second-order valence-electron chi connectivity index (χ2n) is 6.02. The van der Waals surface area contributed by atoms with E-state index in [4.69, 9.17) is 4.42 Å². The van der Waals surface area contributed by atoms with Crippen molar-refractivity contribution in [1.82, 2.24) is 14.8 Å². The van der Waals surface area contributed by atoms with Crippen LogP contribution in [0.1, 0.15) is 33.2 Å². The number of aliphatic carboxylic acids is 1. The first kappa shape index (κ1) is 19.4. The zero-order valence-electron chi connectivity index (χ0n) is 15.3. The fourth-order valence-electron chi connectivity index (χ4n) is 2.80. The van der Waals surface area contributed by atoms with Crippen LogP contribution in [0.15, 0.2) is 44.9 Å². The van der Waals surface area contributed by atoms with Crippen LogP contribution in [0.4, 0.5) is 0 Å². The molecule has 3 aromatic rings. The summed E-state index contributed by atoms with van der Waals surface area (Å²) >= 11 is 0.873. The number of aryl methyl sites for hydroxylation is 2. The minimum atomic E-state index is -1.11. The molecule has 9 heteroatoms. The summed E-state index contributed by atoms with van der Waals surface area (Å²) in [5.41, 5.74) is 3.18. The van der Waals surface area contributed by atoms with Crippen LogP contribution in [0.2, 0.25) is 0 Å². The molecule has 0 aliphatic rings. The maximum absolute atomic E-state index is 11.7. The van der Waals surface area contributed by atoms with Gasteiger partial charge in [-0.15, -0.1) is 10.2 Å². The van der Waals surface area contributed by atoms with E-state index in [9.17, 15) is 19.8 Å². The minimum absolute atomic E-state index is 0.0307. The van der Waals surface area contributed by atoms with Crippen molar-refractivity contribution in [3.05, 3.63) is 63.6 Å². The summed E-state index contributed by atoms with van der Waals surface area (Å²) in [4.78, 5) is 22.9. The molecule has 2 heterocycles. The fourth-order valence-corrected chi connectivity index (χ4v) is 3.50. The highest BCUT2D eigenvalue weighted by Crippen LogP contribution is 2.30. The zero-order chi connectivity index (χ0) is 20.4. The lowest BCUT2D eigenvalue weighted by Gasteiger charge is -2.10. The number of carbonyl (C=O) groups is 2. The Hall–Kier alpha value is -3.33. The van der Waals surface area contributed by atoms with Gasteiger partial charge in [-0.05, 0) is 61.5 Å². The molecule has 0 saturated heterocycles. The van der Waals surface area contributed by atoms with E-state index < -0.39 is 11.9 Å². The van der Waals surface area contributed by atoms with E-state index >= 15 is 0 Å². The van der Waals surface area contributed by atoms with Crippen LogP contribution in [-0.4, -0.2) is 36.9 Å². The summed E-state index contributed by atoms with van der Waals surface area (Å²) in [5.74, 6) is -1.77. The number of carboxylic acids is 2. The molecule has 0 bridgehead atoms. The van der Waals surface area contributed by atoms with Crippen LogP contribution in [0.5, 0.6) is 0 Å². The van der Waals surface area contributed by atoms with Gasteiger partial charge in [-0.1, -0.05) is 6.07 Å². The standard InChI is InChI=1S/C19H17N3O5S/c1-10-7-14(9-16(18(25)26)28-19-21-20-12(3)27-19)11(2)22(10)15-6-4-5-13(8-15)17(23)24/h4-9H,1-3H3,(H,23,24)(H,25,26)/b16-9-. The lowest BCUT2D eigenvalue weighted by atomic mass is 10.2. The molecule has 8 nitrogen and oxygen atoms in total. The highest BCUT2D eigenvalue weighted by Gasteiger charge is 2.17. The second-order valence-corrected chi connectivity index (χ2v) is 7.01. The van der Waals surface area contributed by atoms with Crippen molar-refractivity contribution in [2.24, 2.45) is 0 Å². The van der Waals surface area contributed by atoms with E-state index in [1.54, 1.807) is 25.1 Å². The molecule has 0 fully saturated rings. The van der Waals surface area contributed by atoms with Crippen LogP contribution < -0.4 is 0 Å². The number of carboxylic acid groups (broad SMARTS) is 2. The van der Waals surface area contributed by atoms with Crippen LogP contribution in [0.25, 0.3) is 11.8 Å². The molecule has 28 heavy (non-hydrogen) atoms. The minimum Gasteiger partial charge on any atom is -0.478 e. The topological polar surface area (TPSA) is 118 Å². The van der Waals surface area contributed by atoms with Crippen molar-refractivity contribution in [3.8, 4) is 5.69 Å². The number of rotatable bonds is 6. The molecule has 0 radical (unpaired) electrons. The number of aromatic nitrogens is 3. The van der Waals surface area contributed by atoms with Crippen molar-refractivity contribution in [2.75, 3.05) is 0 Å². The summed E-state index contributed by atoms with van der Waals surface area (Å²) in [6.07, 6.45) is 1.53. The van der Waals surface area contributed by atoms with Gasteiger partial charge in [0.1, 0.15) is 4.91 Å². The molecular weight excluding hydrogens is 382 g/mol. The molecule has 0 aliphatic heterocycles. The Morgan fingerprint density at radius 1 is 1.14 bits per heavy atom. The number of thioether (sulfide) groups is 1. The van der Waals surface area contributed by atoms with E-state index in [2.05, 4.69) is 10.2 Å². The van der Waals surface area contributed by atoms with Gasteiger partial charge in [0.05, 0.1) is 5.56 Å². The molecule has 2 N–H and O–H groups in total. The quantitative estimate of drug-likeness (QED) is 0.476. The van der Waals surface area contributed by atoms with E-state index in [0.29, 0.717) is 17.1 Å². The van der Waals surface area contributed by atoms with Crippen molar-refractivity contribution in [2.45, 2.75) is 26.0 Å². The van der Waals surface area contributed by atoms with Crippen molar-refractivity contribution in [3.63, 3.8) is 0 Å².